The smallest absolute Gasteiger partial charge is 0.0105 e. The van der Waals surface area contributed by atoms with Crippen LogP contribution in [0.5, 0.6) is 0 Å². The Morgan fingerprint density at radius 3 is 2.41 bits per heavy atom. The lowest BCUT2D eigenvalue weighted by Gasteiger charge is -2.38. The topological polar surface area (TPSA) is 15.3 Å². The fraction of sp³-hybridized carbons (Fsp3) is 1.00. The molecule has 17 heavy (non-hydrogen) atoms. The maximum Gasteiger partial charge on any atom is 0.0105 e. The van der Waals surface area contributed by atoms with Crippen molar-refractivity contribution in [3.05, 3.63) is 0 Å². The van der Waals surface area contributed by atoms with E-state index in [1.54, 1.807) is 0 Å². The Hall–Kier alpha value is -0.0800. The van der Waals surface area contributed by atoms with Crippen molar-refractivity contribution in [1.82, 2.24) is 10.2 Å². The van der Waals surface area contributed by atoms with Crippen LogP contribution in [-0.4, -0.2) is 37.1 Å². The Morgan fingerprint density at radius 2 is 1.88 bits per heavy atom. The molecule has 0 amide bonds. The molecule has 2 nitrogen and oxygen atoms in total. The van der Waals surface area contributed by atoms with Crippen LogP contribution in [0.2, 0.25) is 0 Å². The molecule has 2 rings (SSSR count). The Bertz CT molecular complexity index is 225. The maximum atomic E-state index is 3.56. The van der Waals surface area contributed by atoms with Gasteiger partial charge in [-0.3, -0.25) is 0 Å². The zero-order valence-electron chi connectivity index (χ0n) is 11.9. The van der Waals surface area contributed by atoms with Crippen molar-refractivity contribution in [2.75, 3.05) is 20.1 Å². The normalized spacial score (nSPS) is 34.2. The molecule has 0 aliphatic heterocycles. The van der Waals surface area contributed by atoms with E-state index in [0.717, 1.165) is 23.9 Å². The molecule has 2 fully saturated rings. The van der Waals surface area contributed by atoms with E-state index < -0.39 is 0 Å². The summed E-state index contributed by atoms with van der Waals surface area (Å²) in [6.45, 7) is 7.27. The van der Waals surface area contributed by atoms with Gasteiger partial charge < -0.3 is 10.2 Å². The lowest BCUT2D eigenvalue weighted by Crippen LogP contribution is -2.45. The molecule has 2 aliphatic rings. The van der Waals surface area contributed by atoms with Crippen LogP contribution in [0.15, 0.2) is 0 Å². The van der Waals surface area contributed by atoms with E-state index >= 15 is 0 Å². The first-order chi connectivity index (χ1) is 8.28. The van der Waals surface area contributed by atoms with Gasteiger partial charge in [0.05, 0.1) is 0 Å². The molecule has 2 aliphatic carbocycles. The van der Waals surface area contributed by atoms with Crippen LogP contribution in [0.25, 0.3) is 0 Å². The molecule has 0 saturated heterocycles. The highest BCUT2D eigenvalue weighted by Crippen LogP contribution is 2.34. The quantitative estimate of drug-likeness (QED) is 0.765. The first-order valence-electron chi connectivity index (χ1n) is 7.69. The van der Waals surface area contributed by atoms with Gasteiger partial charge in [0.2, 0.25) is 0 Å². The third-order valence-corrected chi connectivity index (χ3v) is 4.98. The molecule has 0 aromatic carbocycles. The maximum absolute atomic E-state index is 3.56. The molecule has 2 heteroatoms. The summed E-state index contributed by atoms with van der Waals surface area (Å²) >= 11 is 0. The number of rotatable bonds is 6. The summed E-state index contributed by atoms with van der Waals surface area (Å²) in [4.78, 5) is 2.73. The van der Waals surface area contributed by atoms with Gasteiger partial charge in [0.25, 0.3) is 0 Å². The molecule has 0 bridgehead atoms. The van der Waals surface area contributed by atoms with E-state index in [-0.39, 0.29) is 0 Å². The lowest BCUT2D eigenvalue weighted by molar-refractivity contribution is 0.140. The summed E-state index contributed by atoms with van der Waals surface area (Å²) in [6.07, 6.45) is 8.55. The van der Waals surface area contributed by atoms with Gasteiger partial charge in [-0.2, -0.15) is 0 Å². The van der Waals surface area contributed by atoms with E-state index in [0.29, 0.717) is 0 Å². The van der Waals surface area contributed by atoms with Crippen molar-refractivity contribution in [3.63, 3.8) is 0 Å². The van der Waals surface area contributed by atoms with E-state index in [4.69, 9.17) is 0 Å². The summed E-state index contributed by atoms with van der Waals surface area (Å²) in [5, 5.41) is 3.56. The van der Waals surface area contributed by atoms with Gasteiger partial charge in [-0.1, -0.05) is 20.3 Å². The van der Waals surface area contributed by atoms with Crippen molar-refractivity contribution < 1.29 is 0 Å². The molecule has 3 atom stereocenters. The van der Waals surface area contributed by atoms with E-state index in [1.165, 1.54) is 51.6 Å². The second kappa shape index (κ2) is 6.19. The monoisotopic (exact) mass is 238 g/mol. The predicted octanol–water partition coefficient (Wildman–Crippen LogP) is 2.89. The average Bonchev–Trinajstić information content (AvgIpc) is 3.19. The van der Waals surface area contributed by atoms with Crippen LogP contribution in [-0.2, 0) is 0 Å². The molecule has 1 N–H and O–H groups in total. The van der Waals surface area contributed by atoms with Crippen molar-refractivity contribution in [1.29, 1.82) is 0 Å². The van der Waals surface area contributed by atoms with Gasteiger partial charge in [0.15, 0.2) is 0 Å². The van der Waals surface area contributed by atoms with Gasteiger partial charge in [-0.05, 0) is 57.5 Å². The van der Waals surface area contributed by atoms with Crippen LogP contribution in [0.4, 0.5) is 0 Å². The molecule has 0 aromatic heterocycles. The minimum absolute atomic E-state index is 0.769. The number of hydrogen-bond acceptors (Lipinski definition) is 2. The Labute approximate surface area is 107 Å². The summed E-state index contributed by atoms with van der Waals surface area (Å²) in [5.74, 6) is 1.88. The van der Waals surface area contributed by atoms with E-state index in [2.05, 4.69) is 31.1 Å². The fourth-order valence-electron chi connectivity index (χ4n) is 3.59. The number of nitrogens with one attached hydrogen (secondary N) is 1. The Balaban J connectivity index is 1.89. The number of nitrogens with zero attached hydrogens (tertiary/aromatic N) is 1. The predicted molar refractivity (Wildman–Crippen MR) is 74.2 cm³/mol. The summed E-state index contributed by atoms with van der Waals surface area (Å²) in [7, 11) is 2.15. The van der Waals surface area contributed by atoms with Crippen LogP contribution in [0.3, 0.4) is 0 Å². The van der Waals surface area contributed by atoms with Crippen LogP contribution in [0, 0.1) is 11.8 Å². The van der Waals surface area contributed by atoms with E-state index in [1.807, 2.05) is 0 Å². The van der Waals surface area contributed by atoms with Gasteiger partial charge in [0.1, 0.15) is 0 Å². The zero-order chi connectivity index (χ0) is 12.3. The first kappa shape index (κ1) is 13.4. The second-order valence-electron chi connectivity index (χ2n) is 6.06. The summed E-state index contributed by atoms with van der Waals surface area (Å²) in [6, 6.07) is 1.70. The molecule has 0 radical (unpaired) electrons. The Kier molecular flexibility index (Phi) is 4.87. The van der Waals surface area contributed by atoms with Gasteiger partial charge >= 0.3 is 0 Å². The van der Waals surface area contributed by atoms with Gasteiger partial charge in [-0.25, -0.2) is 0 Å². The summed E-state index contributed by atoms with van der Waals surface area (Å²) in [5.41, 5.74) is 0. The SMILES string of the molecule is CCC1CCC(NC)C(CN(CC)C2CC2)C1. The molecule has 0 heterocycles. The first-order valence-corrected chi connectivity index (χ1v) is 7.69. The standard InChI is InChI=1S/C15H30N2/c1-4-12-6-9-15(16-3)13(10-12)11-17(5-2)14-7-8-14/h12-16H,4-11H2,1-3H3. The molecule has 0 spiro atoms. The highest BCUT2D eigenvalue weighted by molar-refractivity contribution is 4.90. The van der Waals surface area contributed by atoms with Crippen molar-refractivity contribution in [2.45, 2.75) is 64.5 Å². The molecule has 2 saturated carbocycles. The highest BCUT2D eigenvalue weighted by Gasteiger charge is 2.34. The minimum Gasteiger partial charge on any atom is -0.317 e. The van der Waals surface area contributed by atoms with Crippen molar-refractivity contribution >= 4 is 0 Å². The van der Waals surface area contributed by atoms with Crippen molar-refractivity contribution in [3.8, 4) is 0 Å². The summed E-state index contributed by atoms with van der Waals surface area (Å²) < 4.78 is 0. The average molecular weight is 238 g/mol. The third kappa shape index (κ3) is 3.45. The third-order valence-electron chi connectivity index (χ3n) is 4.98. The van der Waals surface area contributed by atoms with Crippen LogP contribution in [0.1, 0.15) is 52.4 Å². The fourth-order valence-corrected chi connectivity index (χ4v) is 3.59. The Morgan fingerprint density at radius 1 is 1.12 bits per heavy atom. The molecular formula is C15H30N2. The van der Waals surface area contributed by atoms with Gasteiger partial charge in [-0.15, -0.1) is 0 Å². The van der Waals surface area contributed by atoms with Crippen LogP contribution >= 0.6 is 0 Å². The largest absolute Gasteiger partial charge is 0.317 e. The zero-order valence-corrected chi connectivity index (χ0v) is 11.9. The molecular weight excluding hydrogens is 208 g/mol. The van der Waals surface area contributed by atoms with E-state index in [9.17, 15) is 0 Å². The van der Waals surface area contributed by atoms with Gasteiger partial charge in [0, 0.05) is 18.6 Å². The highest BCUT2D eigenvalue weighted by atomic mass is 15.2. The lowest BCUT2D eigenvalue weighted by atomic mass is 9.76. The van der Waals surface area contributed by atoms with Crippen LogP contribution < -0.4 is 5.32 Å². The minimum atomic E-state index is 0.769. The number of hydrogen-bond donors (Lipinski definition) is 1. The van der Waals surface area contributed by atoms with Crippen molar-refractivity contribution in [2.24, 2.45) is 11.8 Å². The molecule has 3 unspecified atom stereocenters. The second-order valence-corrected chi connectivity index (χ2v) is 6.06. The molecule has 0 aromatic rings. The molecule has 100 valence electrons.